The molecule has 4 nitrogen and oxygen atoms in total. The van der Waals surface area contributed by atoms with Gasteiger partial charge in [0.05, 0.1) is 17.6 Å². The summed E-state index contributed by atoms with van der Waals surface area (Å²) in [6.07, 6.45) is 19.2. The predicted molar refractivity (Wildman–Crippen MR) is 155 cm³/mol. The maximum absolute atomic E-state index is 8.80. The van der Waals surface area contributed by atoms with Gasteiger partial charge in [-0.3, -0.25) is 5.41 Å². The molecule has 3 aromatic rings. The molecule has 200 valence electrons. The lowest BCUT2D eigenvalue weighted by atomic mass is 10.0. The zero-order valence-corrected chi connectivity index (χ0v) is 23.2. The molecule has 0 saturated heterocycles. The SMILES string of the molecule is CCCCCCCCCCCCCCCCn1c(=N)n(CCOc2ccccc2)c2ccccc21.Cl. The molecule has 0 fully saturated rings. The summed E-state index contributed by atoms with van der Waals surface area (Å²) in [7, 11) is 0. The van der Waals surface area contributed by atoms with Gasteiger partial charge >= 0.3 is 0 Å². The summed E-state index contributed by atoms with van der Waals surface area (Å²) in [5.41, 5.74) is 2.86. The Hall–Kier alpha value is -2.20. The quantitative estimate of drug-likeness (QED) is 0.160. The topological polar surface area (TPSA) is 42.9 Å². The molecule has 5 heteroatoms. The summed E-state index contributed by atoms with van der Waals surface area (Å²) < 4.78 is 10.2. The minimum absolute atomic E-state index is 0. The van der Waals surface area contributed by atoms with E-state index in [-0.39, 0.29) is 12.4 Å². The first kappa shape index (κ1) is 30.0. The van der Waals surface area contributed by atoms with Crippen LogP contribution in [0.1, 0.15) is 96.8 Å². The summed E-state index contributed by atoms with van der Waals surface area (Å²) in [6, 6.07) is 18.3. The van der Waals surface area contributed by atoms with Crippen molar-refractivity contribution in [3.63, 3.8) is 0 Å². The molecule has 3 rings (SSSR count). The van der Waals surface area contributed by atoms with Crippen LogP contribution in [-0.2, 0) is 13.1 Å². The van der Waals surface area contributed by atoms with Gasteiger partial charge in [-0.2, -0.15) is 0 Å². The Morgan fingerprint density at radius 2 is 1.03 bits per heavy atom. The third kappa shape index (κ3) is 10.0. The van der Waals surface area contributed by atoms with E-state index in [0.717, 1.165) is 29.7 Å². The lowest BCUT2D eigenvalue weighted by Gasteiger charge is -2.08. The molecule has 2 aromatic carbocycles. The van der Waals surface area contributed by atoms with Crippen molar-refractivity contribution in [2.75, 3.05) is 6.61 Å². The molecular formula is C31H48ClN3O. The number of halogens is 1. The number of fused-ring (bicyclic) bond motifs is 1. The minimum atomic E-state index is 0. The Balaban J connectivity index is 0.00000456. The van der Waals surface area contributed by atoms with Crippen LogP contribution in [-0.4, -0.2) is 15.7 Å². The van der Waals surface area contributed by atoms with E-state index in [9.17, 15) is 0 Å². The first-order valence-corrected chi connectivity index (χ1v) is 14.2. The van der Waals surface area contributed by atoms with E-state index in [4.69, 9.17) is 10.1 Å². The van der Waals surface area contributed by atoms with E-state index < -0.39 is 0 Å². The highest BCUT2D eigenvalue weighted by atomic mass is 35.5. The number of aromatic nitrogens is 2. The largest absolute Gasteiger partial charge is 0.492 e. The van der Waals surface area contributed by atoms with Crippen LogP contribution in [0.15, 0.2) is 54.6 Å². The molecule has 0 amide bonds. The summed E-state index contributed by atoms with van der Waals surface area (Å²) in [4.78, 5) is 0. The molecule has 36 heavy (non-hydrogen) atoms. The van der Waals surface area contributed by atoms with Crippen LogP contribution >= 0.6 is 12.4 Å². The van der Waals surface area contributed by atoms with E-state index in [1.165, 1.54) is 83.5 Å². The second-order valence-electron chi connectivity index (χ2n) is 9.87. The van der Waals surface area contributed by atoms with Gasteiger partial charge in [-0.05, 0) is 30.7 Å². The Morgan fingerprint density at radius 1 is 0.583 bits per heavy atom. The first-order chi connectivity index (χ1) is 17.3. The van der Waals surface area contributed by atoms with Crippen LogP contribution in [0.4, 0.5) is 0 Å². The van der Waals surface area contributed by atoms with Crippen molar-refractivity contribution in [1.82, 2.24) is 9.13 Å². The maximum atomic E-state index is 8.80. The van der Waals surface area contributed by atoms with E-state index >= 15 is 0 Å². The molecule has 0 aliphatic carbocycles. The molecule has 0 aliphatic heterocycles. The number of hydrogen-bond acceptors (Lipinski definition) is 2. The zero-order valence-electron chi connectivity index (χ0n) is 22.4. The number of aryl methyl sites for hydroxylation is 1. The fourth-order valence-corrected chi connectivity index (χ4v) is 4.98. The molecular weight excluding hydrogens is 466 g/mol. The standard InChI is InChI=1S/C31H47N3O.ClH/c1-2-3-4-5-6-7-8-9-10-11-12-13-14-20-25-33-29-23-18-19-24-30(29)34(31(33)32)26-27-35-28-21-16-15-17-22-28;/h15-19,21-24,32H,2-14,20,25-27H2,1H3;1H. The van der Waals surface area contributed by atoms with Crippen molar-refractivity contribution in [3.05, 3.63) is 60.2 Å². The monoisotopic (exact) mass is 513 g/mol. The Kier molecular flexibility index (Phi) is 15.1. The van der Waals surface area contributed by atoms with Gasteiger partial charge in [-0.15, -0.1) is 12.4 Å². The smallest absolute Gasteiger partial charge is 0.203 e. The summed E-state index contributed by atoms with van der Waals surface area (Å²) in [5, 5.41) is 8.80. The van der Waals surface area contributed by atoms with Gasteiger partial charge in [0, 0.05) is 6.54 Å². The van der Waals surface area contributed by atoms with Crippen molar-refractivity contribution in [2.24, 2.45) is 0 Å². The number of nitrogens with zero attached hydrogens (tertiary/aromatic N) is 2. The van der Waals surface area contributed by atoms with E-state index in [0.29, 0.717) is 18.8 Å². The number of nitrogens with one attached hydrogen (secondary N) is 1. The number of para-hydroxylation sites is 3. The average Bonchev–Trinajstić information content (AvgIpc) is 3.15. The van der Waals surface area contributed by atoms with E-state index in [2.05, 4.69) is 40.3 Å². The lowest BCUT2D eigenvalue weighted by Crippen LogP contribution is -2.26. The number of ether oxygens (including phenoxy) is 1. The van der Waals surface area contributed by atoms with Crippen LogP contribution in [0.5, 0.6) is 5.75 Å². The number of unbranched alkanes of at least 4 members (excludes halogenated alkanes) is 13. The maximum Gasteiger partial charge on any atom is 0.203 e. The molecule has 0 atom stereocenters. The molecule has 0 spiro atoms. The Morgan fingerprint density at radius 3 is 1.56 bits per heavy atom. The van der Waals surface area contributed by atoms with Crippen LogP contribution in [0.3, 0.4) is 0 Å². The fraction of sp³-hybridized carbons (Fsp3) is 0.581. The molecule has 0 unspecified atom stereocenters. The van der Waals surface area contributed by atoms with Crippen molar-refractivity contribution >= 4 is 23.4 Å². The van der Waals surface area contributed by atoms with Crippen LogP contribution < -0.4 is 10.4 Å². The number of hydrogen-bond donors (Lipinski definition) is 1. The third-order valence-electron chi connectivity index (χ3n) is 7.04. The average molecular weight is 514 g/mol. The summed E-state index contributed by atoms with van der Waals surface area (Å²) in [5.74, 6) is 0.880. The molecule has 0 bridgehead atoms. The van der Waals surface area contributed by atoms with Gasteiger partial charge in [0.2, 0.25) is 5.62 Å². The summed E-state index contributed by atoms with van der Waals surface area (Å²) >= 11 is 0. The first-order valence-electron chi connectivity index (χ1n) is 14.2. The number of rotatable bonds is 19. The number of benzene rings is 2. The fourth-order valence-electron chi connectivity index (χ4n) is 4.98. The molecule has 1 heterocycles. The summed E-state index contributed by atoms with van der Waals surface area (Å²) in [6.45, 7) is 4.45. The second-order valence-corrected chi connectivity index (χ2v) is 9.87. The van der Waals surface area contributed by atoms with Gasteiger partial charge in [0.25, 0.3) is 0 Å². The Labute approximate surface area is 225 Å². The molecule has 0 radical (unpaired) electrons. The Bertz CT molecular complexity index is 1010. The normalized spacial score (nSPS) is 11.0. The van der Waals surface area contributed by atoms with Crippen molar-refractivity contribution in [1.29, 1.82) is 5.41 Å². The van der Waals surface area contributed by atoms with Gasteiger partial charge in [0.15, 0.2) is 0 Å². The highest BCUT2D eigenvalue weighted by Gasteiger charge is 2.10. The highest BCUT2D eigenvalue weighted by molar-refractivity contribution is 5.85. The zero-order chi connectivity index (χ0) is 24.6. The van der Waals surface area contributed by atoms with Gasteiger partial charge < -0.3 is 13.9 Å². The predicted octanol–water partition coefficient (Wildman–Crippen LogP) is 8.90. The third-order valence-corrected chi connectivity index (χ3v) is 7.04. The van der Waals surface area contributed by atoms with Crippen LogP contribution in [0.2, 0.25) is 0 Å². The second kappa shape index (κ2) is 18.1. The van der Waals surface area contributed by atoms with E-state index in [1.54, 1.807) is 0 Å². The van der Waals surface area contributed by atoms with Crippen LogP contribution in [0.25, 0.3) is 11.0 Å². The van der Waals surface area contributed by atoms with Crippen molar-refractivity contribution < 1.29 is 4.74 Å². The van der Waals surface area contributed by atoms with Crippen molar-refractivity contribution in [2.45, 2.75) is 110 Å². The van der Waals surface area contributed by atoms with E-state index in [1.807, 2.05) is 30.3 Å². The van der Waals surface area contributed by atoms with Gasteiger partial charge in [-0.25, -0.2) is 0 Å². The van der Waals surface area contributed by atoms with Crippen LogP contribution in [0, 0.1) is 5.41 Å². The van der Waals surface area contributed by atoms with Gasteiger partial charge in [-0.1, -0.05) is 121 Å². The molecule has 0 aliphatic rings. The minimum Gasteiger partial charge on any atom is -0.492 e. The number of imidazole rings is 1. The molecule has 0 saturated carbocycles. The molecule has 1 aromatic heterocycles. The molecule has 1 N–H and O–H groups in total. The highest BCUT2D eigenvalue weighted by Crippen LogP contribution is 2.16. The lowest BCUT2D eigenvalue weighted by molar-refractivity contribution is 0.296. The van der Waals surface area contributed by atoms with Crippen molar-refractivity contribution in [3.8, 4) is 5.75 Å². The van der Waals surface area contributed by atoms with Gasteiger partial charge in [0.1, 0.15) is 12.4 Å².